The lowest BCUT2D eigenvalue weighted by molar-refractivity contribution is -0.126. The van der Waals surface area contributed by atoms with Crippen LogP contribution in [0.25, 0.3) is 0 Å². The molecular weight excluding hydrogens is 499 g/mol. The summed E-state index contributed by atoms with van der Waals surface area (Å²) in [7, 11) is -4.06. The van der Waals surface area contributed by atoms with Crippen molar-refractivity contribution in [2.24, 2.45) is 17.8 Å². The van der Waals surface area contributed by atoms with Gasteiger partial charge in [0, 0.05) is 50.6 Å². The Hall–Kier alpha value is -1.61. The molecule has 0 aliphatic heterocycles. The van der Waals surface area contributed by atoms with Gasteiger partial charge in [0.05, 0.1) is 12.7 Å². The molecule has 0 bridgehead atoms. The van der Waals surface area contributed by atoms with Gasteiger partial charge in [0.1, 0.15) is 11.6 Å². The molecule has 0 aliphatic rings. The van der Waals surface area contributed by atoms with Gasteiger partial charge in [-0.1, -0.05) is 56.4 Å². The summed E-state index contributed by atoms with van der Waals surface area (Å²) in [6.07, 6.45) is 1.56. The third kappa shape index (κ3) is 28.8. The predicted octanol–water partition coefficient (Wildman–Crippen LogP) is 5.08. The minimum absolute atomic E-state index is 0. The van der Waals surface area contributed by atoms with E-state index in [1.165, 1.54) is 0 Å². The van der Waals surface area contributed by atoms with Crippen molar-refractivity contribution in [1.82, 2.24) is 10.6 Å². The highest BCUT2D eigenvalue weighted by Gasteiger charge is 2.22. The van der Waals surface area contributed by atoms with Crippen LogP contribution in [0, 0.1) is 17.8 Å². The van der Waals surface area contributed by atoms with Gasteiger partial charge in [0.2, 0.25) is 11.8 Å². The summed E-state index contributed by atoms with van der Waals surface area (Å²) in [5.74, 6) is 0.441. The highest BCUT2D eigenvalue weighted by Crippen LogP contribution is 2.44. The van der Waals surface area contributed by atoms with Crippen LogP contribution in [0.2, 0.25) is 0 Å². The predicted molar refractivity (Wildman–Crippen MR) is 149 cm³/mol. The number of Topliss-reactive ketones (excluding diaryl/α,β-unsaturated/α-hetero) is 2. The maximum atomic E-state index is 11.4. The Morgan fingerprint density at radius 3 is 1.49 bits per heavy atom. The Balaban J connectivity index is -0.000000289. The summed E-state index contributed by atoms with van der Waals surface area (Å²) in [5.41, 5.74) is 0. The smallest absolute Gasteiger partial charge is 0.356 e. The quantitative estimate of drug-likeness (QED) is 0.167. The van der Waals surface area contributed by atoms with Crippen LogP contribution >= 0.6 is 7.82 Å². The first kappa shape index (κ1) is 42.5. The number of ketones is 2. The fourth-order valence-corrected chi connectivity index (χ4v) is 3.29. The summed E-state index contributed by atoms with van der Waals surface area (Å²) in [4.78, 5) is 54.5. The zero-order chi connectivity index (χ0) is 27.6. The zero-order valence-electron chi connectivity index (χ0n) is 22.7. The van der Waals surface area contributed by atoms with Crippen molar-refractivity contribution in [2.75, 3.05) is 19.7 Å². The van der Waals surface area contributed by atoms with Crippen molar-refractivity contribution >= 4 is 31.2 Å². The van der Waals surface area contributed by atoms with Crippen LogP contribution in [-0.4, -0.2) is 54.1 Å². The summed E-state index contributed by atoms with van der Waals surface area (Å²) < 4.78 is 20.7. The van der Waals surface area contributed by atoms with Crippen molar-refractivity contribution in [3.8, 4) is 0 Å². The molecule has 0 heterocycles. The van der Waals surface area contributed by atoms with Gasteiger partial charge in [-0.2, -0.15) is 0 Å². The monoisotopic (exact) mass is 554 g/mol. The maximum absolute atomic E-state index is 11.4. The molecule has 0 aromatic heterocycles. The first-order valence-corrected chi connectivity index (χ1v) is 13.8. The average Bonchev–Trinajstić information content (AvgIpc) is 2.72. The molecule has 0 aromatic carbocycles. The lowest BCUT2D eigenvalue weighted by Crippen LogP contribution is -2.27. The molecule has 0 fully saturated rings. The number of hydrogen-bond acceptors (Lipinski definition) is 7. The van der Waals surface area contributed by atoms with Crippen LogP contribution in [0.5, 0.6) is 0 Å². The summed E-state index contributed by atoms with van der Waals surface area (Å²) >= 11 is 0. The van der Waals surface area contributed by atoms with E-state index in [0.29, 0.717) is 25.3 Å². The molecule has 11 heteroatoms. The second kappa shape index (κ2) is 23.5. The fourth-order valence-electron chi connectivity index (χ4n) is 2.38. The average molecular weight is 555 g/mol. The molecule has 3 N–H and O–H groups in total. The number of phosphoric ester groups is 1. The van der Waals surface area contributed by atoms with Gasteiger partial charge in [-0.3, -0.25) is 28.2 Å². The number of hydrogen-bond donors (Lipinski definition) is 3. The van der Waals surface area contributed by atoms with E-state index in [0.717, 1.165) is 6.42 Å². The normalized spacial score (nSPS) is 12.1. The highest BCUT2D eigenvalue weighted by atomic mass is 31.2. The molecule has 1 unspecified atom stereocenters. The first-order valence-electron chi connectivity index (χ1n) is 12.3. The van der Waals surface area contributed by atoms with E-state index < -0.39 is 13.9 Å². The topological polar surface area (TPSA) is 148 Å². The van der Waals surface area contributed by atoms with E-state index in [-0.39, 0.29) is 76.1 Å². The Kier molecular flexibility index (Phi) is 27.0. The van der Waals surface area contributed by atoms with Crippen molar-refractivity contribution < 1.29 is 37.7 Å². The van der Waals surface area contributed by atoms with Crippen LogP contribution in [0.15, 0.2) is 0 Å². The van der Waals surface area contributed by atoms with Crippen LogP contribution in [0.4, 0.5) is 0 Å². The number of phosphoric acid groups is 1. The molecule has 0 radical (unpaired) electrons. The number of nitrogens with one attached hydrogen (secondary N) is 2. The van der Waals surface area contributed by atoms with Gasteiger partial charge < -0.3 is 15.5 Å². The molecule has 2 amide bonds. The van der Waals surface area contributed by atoms with E-state index in [4.69, 9.17) is 0 Å². The molecule has 1 atom stereocenters. The van der Waals surface area contributed by atoms with E-state index in [1.54, 1.807) is 27.7 Å². The Bertz CT molecular complexity index is 694. The molecule has 0 aromatic rings. The van der Waals surface area contributed by atoms with Crippen LogP contribution in [0.3, 0.4) is 0 Å². The number of amides is 2. The molecule has 0 rings (SSSR count). The molecule has 222 valence electrons. The molecule has 10 nitrogen and oxygen atoms in total. The Morgan fingerprint density at radius 2 is 1.14 bits per heavy atom. The third-order valence-electron chi connectivity index (χ3n) is 4.55. The maximum Gasteiger partial charge on any atom is 0.472 e. The van der Waals surface area contributed by atoms with Crippen molar-refractivity contribution in [3.63, 3.8) is 0 Å². The number of carbonyl (C=O) groups excluding carboxylic acids is 4. The van der Waals surface area contributed by atoms with Gasteiger partial charge >= 0.3 is 7.82 Å². The van der Waals surface area contributed by atoms with Gasteiger partial charge in [0.15, 0.2) is 0 Å². The minimum Gasteiger partial charge on any atom is -0.356 e. The summed E-state index contributed by atoms with van der Waals surface area (Å²) in [6.45, 7) is 15.4. The van der Waals surface area contributed by atoms with Crippen LogP contribution < -0.4 is 10.6 Å². The zero-order valence-corrected chi connectivity index (χ0v) is 23.6. The van der Waals surface area contributed by atoms with Gasteiger partial charge in [-0.05, 0) is 26.2 Å². The van der Waals surface area contributed by atoms with Gasteiger partial charge in [-0.15, -0.1) is 0 Å². The van der Waals surface area contributed by atoms with Crippen LogP contribution in [0.1, 0.15) is 102 Å². The number of carbonyl (C=O) groups is 4. The third-order valence-corrected chi connectivity index (χ3v) is 5.75. The second-order valence-corrected chi connectivity index (χ2v) is 11.0. The molecule has 37 heavy (non-hydrogen) atoms. The fraction of sp³-hybridized carbons (Fsp3) is 0.846. The largest absolute Gasteiger partial charge is 0.472 e. The molecular formula is C26H55N2O8P. The summed E-state index contributed by atoms with van der Waals surface area (Å²) in [6, 6.07) is 0. The van der Waals surface area contributed by atoms with Crippen molar-refractivity contribution in [1.29, 1.82) is 0 Å². The SMILES string of the molecule is C.C.CC(C)CCNC(=O)CCC(=O)C(C)C.CC(C)OP(=O)(O)OCCNC(=O)CCC(=O)C(C)C. The van der Waals surface area contributed by atoms with Crippen LogP contribution in [-0.2, 0) is 32.8 Å². The lowest BCUT2D eigenvalue weighted by atomic mass is 10.0. The van der Waals surface area contributed by atoms with Gasteiger partial charge in [-0.25, -0.2) is 4.57 Å². The van der Waals surface area contributed by atoms with E-state index in [1.807, 2.05) is 13.8 Å². The van der Waals surface area contributed by atoms with E-state index in [2.05, 4.69) is 33.5 Å². The molecule has 0 saturated carbocycles. The Morgan fingerprint density at radius 1 is 0.730 bits per heavy atom. The number of rotatable bonds is 17. The molecule has 0 aliphatic carbocycles. The first-order chi connectivity index (χ1) is 16.1. The highest BCUT2D eigenvalue weighted by molar-refractivity contribution is 7.47. The van der Waals surface area contributed by atoms with Crippen molar-refractivity contribution in [3.05, 3.63) is 0 Å². The molecule has 0 saturated heterocycles. The second-order valence-electron chi connectivity index (χ2n) is 9.58. The summed E-state index contributed by atoms with van der Waals surface area (Å²) in [5, 5.41) is 5.32. The minimum atomic E-state index is -4.06. The van der Waals surface area contributed by atoms with E-state index in [9.17, 15) is 28.6 Å². The standard InChI is InChI=1S/C12H24NO6P.C12H23NO2.2CH4/c1-9(2)11(14)5-6-12(15)13-7-8-18-20(16,17)19-10(3)4;1-9(2)7-8-13-12(15)6-5-11(14)10(3)4;;/h9-10H,5-8H2,1-4H3,(H,13,15)(H,16,17);9-10H,5-8H2,1-4H3,(H,13,15);2*1H4. The van der Waals surface area contributed by atoms with Crippen molar-refractivity contribution in [2.45, 2.75) is 108 Å². The lowest BCUT2D eigenvalue weighted by Gasteiger charge is -2.14. The molecule has 0 spiro atoms. The Labute approximate surface area is 225 Å². The van der Waals surface area contributed by atoms with Gasteiger partial charge in [0.25, 0.3) is 0 Å². The van der Waals surface area contributed by atoms with E-state index >= 15 is 0 Å².